The fraction of sp³-hybridized carbons (Fsp3) is 0.364. The molecule has 0 bridgehead atoms. The molecule has 8 heterocycles. The SMILES string of the molecule is CC(C)c1ccnc(NC(=O)c2ccc(-c3nn([C@@H]4CCCN(C(=O)OC(C)(C)C)C4)c4ncnc(N)c34)cc2)c1.CC(C)c1ccnc(NC(=O)c2ccc(-c3nn([C@@H]4CCCNC4)c4ncnc(N)c34)cc2)c1. The summed E-state index contributed by atoms with van der Waals surface area (Å²) >= 11 is 0. The lowest BCUT2D eigenvalue weighted by atomic mass is 10.0. The molecule has 8 aromatic rings. The summed E-state index contributed by atoms with van der Waals surface area (Å²) in [6, 6.07) is 22.3. The zero-order chi connectivity index (χ0) is 53.0. The molecule has 75 heavy (non-hydrogen) atoms. The van der Waals surface area contributed by atoms with E-state index in [2.05, 4.69) is 73.5 Å². The summed E-state index contributed by atoms with van der Waals surface area (Å²) in [4.78, 5) is 66.2. The van der Waals surface area contributed by atoms with Crippen LogP contribution in [0.5, 0.6) is 0 Å². The first-order valence-corrected chi connectivity index (χ1v) is 25.4. The molecule has 2 aromatic carbocycles. The highest BCUT2D eigenvalue weighted by atomic mass is 16.6. The number of benzene rings is 2. The molecular formula is C55H64N16O4. The molecule has 20 heteroatoms. The molecule has 3 amide bonds. The summed E-state index contributed by atoms with van der Waals surface area (Å²) in [5.74, 6) is 1.96. The molecule has 20 nitrogen and oxygen atoms in total. The Bertz CT molecular complexity index is 3340. The zero-order valence-electron chi connectivity index (χ0n) is 43.4. The summed E-state index contributed by atoms with van der Waals surface area (Å²) in [7, 11) is 0. The summed E-state index contributed by atoms with van der Waals surface area (Å²) in [6.07, 6.45) is 9.71. The maximum atomic E-state index is 12.9. The van der Waals surface area contributed by atoms with E-state index >= 15 is 0 Å². The first-order chi connectivity index (χ1) is 36.0. The maximum Gasteiger partial charge on any atom is 0.410 e. The largest absolute Gasteiger partial charge is 0.444 e. The van der Waals surface area contributed by atoms with E-state index < -0.39 is 5.60 Å². The van der Waals surface area contributed by atoms with Crippen LogP contribution in [0.1, 0.15) is 130 Å². The Morgan fingerprint density at radius 2 is 1.13 bits per heavy atom. The lowest BCUT2D eigenvalue weighted by Crippen LogP contribution is -2.43. The van der Waals surface area contributed by atoms with Crippen molar-refractivity contribution >= 4 is 63.2 Å². The van der Waals surface area contributed by atoms with Crippen molar-refractivity contribution in [2.24, 2.45) is 0 Å². The molecule has 7 N–H and O–H groups in total. The summed E-state index contributed by atoms with van der Waals surface area (Å²) < 4.78 is 9.40. The number of likely N-dealkylation sites (tertiary alicyclic amines) is 1. The number of anilines is 4. The van der Waals surface area contributed by atoms with Gasteiger partial charge >= 0.3 is 6.09 Å². The van der Waals surface area contributed by atoms with Gasteiger partial charge < -0.3 is 37.1 Å². The minimum absolute atomic E-state index is 0.110. The lowest BCUT2D eigenvalue weighted by molar-refractivity contribution is 0.0169. The van der Waals surface area contributed by atoms with Crippen molar-refractivity contribution in [3.05, 3.63) is 120 Å². The van der Waals surface area contributed by atoms with Crippen molar-refractivity contribution in [1.82, 2.24) is 59.7 Å². The van der Waals surface area contributed by atoms with E-state index in [1.807, 2.05) is 78.7 Å². The van der Waals surface area contributed by atoms with Crippen LogP contribution in [-0.2, 0) is 4.74 Å². The number of aromatic nitrogens is 10. The van der Waals surface area contributed by atoms with Gasteiger partial charge in [-0.15, -0.1) is 0 Å². The third-order valence-electron chi connectivity index (χ3n) is 13.3. The van der Waals surface area contributed by atoms with E-state index in [4.69, 9.17) is 26.4 Å². The number of nitrogens with two attached hydrogens (primary N) is 2. The van der Waals surface area contributed by atoms with Crippen molar-refractivity contribution < 1.29 is 19.1 Å². The number of hydrogen-bond acceptors (Lipinski definition) is 15. The number of hydrogen-bond donors (Lipinski definition) is 5. The Hall–Kier alpha value is -8.39. The Balaban J connectivity index is 0.000000187. The number of nitrogens with one attached hydrogen (secondary N) is 3. The summed E-state index contributed by atoms with van der Waals surface area (Å²) in [5.41, 5.74) is 19.5. The van der Waals surface area contributed by atoms with E-state index in [1.54, 1.807) is 41.6 Å². The predicted molar refractivity (Wildman–Crippen MR) is 290 cm³/mol. The van der Waals surface area contributed by atoms with E-state index in [-0.39, 0.29) is 30.0 Å². The number of carbonyl (C=O) groups excluding carboxylic acids is 3. The van der Waals surface area contributed by atoms with Crippen LogP contribution in [0.2, 0.25) is 0 Å². The highest BCUT2D eigenvalue weighted by Gasteiger charge is 2.31. The van der Waals surface area contributed by atoms with Gasteiger partial charge in [-0.3, -0.25) is 9.59 Å². The summed E-state index contributed by atoms with van der Waals surface area (Å²) in [5, 5.41) is 20.4. The van der Waals surface area contributed by atoms with Crippen molar-refractivity contribution in [3.63, 3.8) is 0 Å². The van der Waals surface area contributed by atoms with Crippen LogP contribution in [-0.4, -0.2) is 104 Å². The van der Waals surface area contributed by atoms with Crippen LogP contribution >= 0.6 is 0 Å². The Kier molecular flexibility index (Phi) is 15.1. The number of carbonyl (C=O) groups is 3. The van der Waals surface area contributed by atoms with E-state index in [1.165, 1.54) is 12.7 Å². The second kappa shape index (κ2) is 22.0. The maximum absolute atomic E-state index is 12.9. The molecule has 2 aliphatic heterocycles. The van der Waals surface area contributed by atoms with E-state index in [0.29, 0.717) is 76.1 Å². The number of ether oxygens (including phenoxy) is 1. The first-order valence-electron chi connectivity index (χ1n) is 25.4. The standard InChI is InChI=1S/C30H36N8O3.C25H28N8O/c1-18(2)21-12-13-32-23(15-21)35-28(39)20-10-8-19(9-11-20)25-24-26(31)33-17-34-27(24)38(36-25)22-7-6-14-37(16-22)29(40)41-30(3,4)5;1-15(2)18-9-11-28-20(12-18)31-25(34)17-7-5-16(6-8-17)22-21-23(26)29-14-30-24(21)33(32-22)19-4-3-10-27-13-19/h8-13,15,17-18,22H,6-7,14,16H2,1-5H3,(H2,31,33,34)(H,32,35,39);5-9,11-12,14-15,19,27H,3-4,10,13H2,1-2H3,(H2,26,29,30)(H,28,31,34)/t22-;19-/m11/s1. The summed E-state index contributed by atoms with van der Waals surface area (Å²) in [6.45, 7) is 16.9. The average molecular weight is 1010 g/mol. The van der Waals surface area contributed by atoms with Crippen molar-refractivity contribution in [2.75, 3.05) is 48.3 Å². The molecule has 0 radical (unpaired) electrons. The number of nitrogens with zero attached hydrogens (tertiary/aromatic N) is 11. The van der Waals surface area contributed by atoms with Gasteiger partial charge in [0.25, 0.3) is 11.8 Å². The second-order valence-corrected chi connectivity index (χ2v) is 20.5. The molecule has 6 aromatic heterocycles. The van der Waals surface area contributed by atoms with Gasteiger partial charge in [0.2, 0.25) is 0 Å². The minimum Gasteiger partial charge on any atom is -0.444 e. The van der Waals surface area contributed by atoms with Crippen LogP contribution in [0.3, 0.4) is 0 Å². The molecule has 0 unspecified atom stereocenters. The number of piperidine rings is 2. The lowest BCUT2D eigenvalue weighted by Gasteiger charge is -2.34. The van der Waals surface area contributed by atoms with Gasteiger partial charge in [-0.2, -0.15) is 10.2 Å². The van der Waals surface area contributed by atoms with Crippen LogP contribution in [0.4, 0.5) is 28.1 Å². The van der Waals surface area contributed by atoms with Gasteiger partial charge in [-0.25, -0.2) is 44.1 Å². The van der Waals surface area contributed by atoms with Crippen molar-refractivity contribution in [3.8, 4) is 22.5 Å². The third kappa shape index (κ3) is 11.7. The number of rotatable bonds is 10. The monoisotopic (exact) mass is 1010 g/mol. The molecule has 0 aliphatic carbocycles. The first kappa shape index (κ1) is 51.5. The topological polar surface area (TPSA) is 265 Å². The molecule has 0 spiro atoms. The fourth-order valence-electron chi connectivity index (χ4n) is 9.28. The van der Waals surface area contributed by atoms with Gasteiger partial charge in [-0.1, -0.05) is 52.0 Å². The number of pyridine rings is 2. The van der Waals surface area contributed by atoms with Crippen LogP contribution < -0.4 is 27.4 Å². The average Bonchev–Trinajstić information content (AvgIpc) is 4.01. The zero-order valence-corrected chi connectivity index (χ0v) is 43.4. The molecule has 0 saturated carbocycles. The molecule has 2 atom stereocenters. The van der Waals surface area contributed by atoms with Crippen LogP contribution in [0.25, 0.3) is 44.6 Å². The minimum atomic E-state index is -0.574. The van der Waals surface area contributed by atoms with Crippen molar-refractivity contribution in [2.45, 2.75) is 104 Å². The quantitative estimate of drug-likeness (QED) is 0.0855. The molecule has 388 valence electrons. The molecule has 2 aliphatic rings. The van der Waals surface area contributed by atoms with Gasteiger partial charge in [0.05, 0.1) is 22.9 Å². The molecule has 2 saturated heterocycles. The molecular weight excluding hydrogens is 949 g/mol. The van der Waals surface area contributed by atoms with Crippen molar-refractivity contribution in [1.29, 1.82) is 0 Å². The molecule has 2 fully saturated rings. The van der Waals surface area contributed by atoms with Crippen LogP contribution in [0.15, 0.2) is 97.8 Å². The molecule has 10 rings (SSSR count). The fourth-order valence-corrected chi connectivity index (χ4v) is 9.28. The normalized spacial score (nSPS) is 15.9. The van der Waals surface area contributed by atoms with Crippen LogP contribution in [0, 0.1) is 0 Å². The Morgan fingerprint density at radius 3 is 1.59 bits per heavy atom. The van der Waals surface area contributed by atoms with Gasteiger partial charge in [0.15, 0.2) is 11.3 Å². The van der Waals surface area contributed by atoms with Gasteiger partial charge in [0, 0.05) is 54.3 Å². The van der Waals surface area contributed by atoms with E-state index in [0.717, 1.165) is 77.8 Å². The number of amides is 3. The highest BCUT2D eigenvalue weighted by Crippen LogP contribution is 2.36. The smallest absolute Gasteiger partial charge is 0.410 e. The second-order valence-electron chi connectivity index (χ2n) is 20.5. The Morgan fingerprint density at radius 1 is 0.653 bits per heavy atom. The Labute approximate surface area is 435 Å². The van der Waals surface area contributed by atoms with Gasteiger partial charge in [0.1, 0.15) is 52.9 Å². The van der Waals surface area contributed by atoms with Gasteiger partial charge in [-0.05, 0) is 124 Å². The number of fused-ring (bicyclic) bond motifs is 2. The predicted octanol–water partition coefficient (Wildman–Crippen LogP) is 9.19. The third-order valence-corrected chi connectivity index (χ3v) is 13.3. The van der Waals surface area contributed by atoms with E-state index in [9.17, 15) is 14.4 Å². The number of nitrogen functional groups attached to an aromatic ring is 2. The highest BCUT2D eigenvalue weighted by molar-refractivity contribution is 6.06.